The van der Waals surface area contributed by atoms with Crippen LogP contribution in [0, 0.1) is 0 Å². The van der Waals surface area contributed by atoms with E-state index in [-0.39, 0.29) is 41.5 Å². The number of rotatable bonds is 5. The van der Waals surface area contributed by atoms with Crippen LogP contribution in [0.5, 0.6) is 0 Å². The molecule has 1 saturated heterocycles. The van der Waals surface area contributed by atoms with Crippen molar-refractivity contribution in [3.63, 3.8) is 0 Å². The van der Waals surface area contributed by atoms with Crippen LogP contribution in [0.25, 0.3) is 0 Å². The normalized spacial score (nSPS) is 17.7. The van der Waals surface area contributed by atoms with Gasteiger partial charge in [-0.15, -0.1) is 24.0 Å². The average molecular weight is 462 g/mol. The minimum atomic E-state index is -0.218. The van der Waals surface area contributed by atoms with E-state index < -0.39 is 0 Å². The molecule has 1 N–H and O–H groups in total. The van der Waals surface area contributed by atoms with E-state index in [0.717, 1.165) is 25.6 Å². The number of carbonyl (C=O) groups excluding carboxylic acids is 1. The molecular formula is C17H31IN6O. The van der Waals surface area contributed by atoms with Crippen LogP contribution in [0.3, 0.4) is 0 Å². The average Bonchev–Trinajstić information content (AvgIpc) is 2.97. The van der Waals surface area contributed by atoms with Crippen LogP contribution in [-0.2, 0) is 11.3 Å². The first kappa shape index (κ1) is 21.7. The Hall–Kier alpha value is -1.32. The van der Waals surface area contributed by atoms with E-state index in [1.807, 2.05) is 22.6 Å². The van der Waals surface area contributed by atoms with Gasteiger partial charge in [-0.25, -0.2) is 4.98 Å². The summed E-state index contributed by atoms with van der Waals surface area (Å²) in [6.45, 7) is 13.8. The Bertz CT molecular complexity index is 570. The van der Waals surface area contributed by atoms with Crippen LogP contribution in [0.15, 0.2) is 23.7 Å². The number of imidazole rings is 1. The number of aromatic nitrogens is 2. The predicted octanol–water partition coefficient (Wildman–Crippen LogP) is 1.80. The highest BCUT2D eigenvalue weighted by Gasteiger charge is 2.40. The summed E-state index contributed by atoms with van der Waals surface area (Å²) in [7, 11) is 0. The maximum absolute atomic E-state index is 12.6. The van der Waals surface area contributed by atoms with Gasteiger partial charge in [0.1, 0.15) is 0 Å². The standard InChI is InChI=1S/C17H30N6O.HI/c1-6-19-16(20-8-10-21-9-7-18-13-21)22-11-15(24)23(14(2)3)17(4,5)12-22;/h7,9,13-14H,6,8,10-12H2,1-5H3,(H,19,20);1H. The number of piperazine rings is 1. The molecule has 0 aliphatic carbocycles. The number of guanidine groups is 1. The molecule has 8 heteroatoms. The minimum Gasteiger partial charge on any atom is -0.357 e. The predicted molar refractivity (Wildman–Crippen MR) is 111 cm³/mol. The molecule has 0 unspecified atom stereocenters. The van der Waals surface area contributed by atoms with Gasteiger partial charge in [0.25, 0.3) is 0 Å². The Labute approximate surface area is 167 Å². The Morgan fingerprint density at radius 3 is 2.68 bits per heavy atom. The van der Waals surface area contributed by atoms with Crippen LogP contribution in [0.1, 0.15) is 34.6 Å². The van der Waals surface area contributed by atoms with Gasteiger partial charge in [-0.2, -0.15) is 0 Å². The second kappa shape index (κ2) is 9.40. The first-order chi connectivity index (χ1) is 11.3. The van der Waals surface area contributed by atoms with Crippen molar-refractivity contribution in [2.75, 3.05) is 26.2 Å². The maximum Gasteiger partial charge on any atom is 0.242 e. The van der Waals surface area contributed by atoms with Gasteiger partial charge < -0.3 is 19.7 Å². The highest BCUT2D eigenvalue weighted by atomic mass is 127. The summed E-state index contributed by atoms with van der Waals surface area (Å²) in [5.74, 6) is 0.962. The molecule has 1 aromatic heterocycles. The second-order valence-corrected chi connectivity index (χ2v) is 7.06. The summed E-state index contributed by atoms with van der Waals surface area (Å²) in [5.41, 5.74) is -0.218. The molecule has 0 bridgehead atoms. The third kappa shape index (κ3) is 5.58. The third-order valence-electron chi connectivity index (χ3n) is 4.15. The van der Waals surface area contributed by atoms with Gasteiger partial charge in [-0.3, -0.25) is 9.79 Å². The van der Waals surface area contributed by atoms with Crippen molar-refractivity contribution in [1.82, 2.24) is 24.7 Å². The number of nitrogens with one attached hydrogen (secondary N) is 1. The van der Waals surface area contributed by atoms with Gasteiger partial charge in [0, 0.05) is 38.1 Å². The van der Waals surface area contributed by atoms with E-state index in [0.29, 0.717) is 13.1 Å². The Morgan fingerprint density at radius 1 is 1.44 bits per heavy atom. The van der Waals surface area contributed by atoms with Crippen molar-refractivity contribution < 1.29 is 4.79 Å². The molecule has 25 heavy (non-hydrogen) atoms. The molecule has 0 aromatic carbocycles. The second-order valence-electron chi connectivity index (χ2n) is 7.06. The fourth-order valence-corrected chi connectivity index (χ4v) is 3.43. The molecule has 7 nitrogen and oxygen atoms in total. The molecule has 1 aliphatic rings. The minimum absolute atomic E-state index is 0. The van der Waals surface area contributed by atoms with E-state index in [4.69, 9.17) is 4.99 Å². The lowest BCUT2D eigenvalue weighted by Crippen LogP contribution is -2.66. The monoisotopic (exact) mass is 462 g/mol. The number of carbonyl (C=O) groups is 1. The van der Waals surface area contributed by atoms with Gasteiger partial charge in [0.15, 0.2) is 5.96 Å². The number of hydrogen-bond donors (Lipinski definition) is 1. The van der Waals surface area contributed by atoms with Crippen LogP contribution >= 0.6 is 24.0 Å². The molecule has 0 saturated carbocycles. The Balaban J connectivity index is 0.00000312. The molecule has 0 atom stereocenters. The highest BCUT2D eigenvalue weighted by molar-refractivity contribution is 14.0. The molecule has 1 amide bonds. The first-order valence-corrected chi connectivity index (χ1v) is 8.66. The number of nitrogens with zero attached hydrogens (tertiary/aromatic N) is 5. The lowest BCUT2D eigenvalue weighted by molar-refractivity contribution is -0.145. The largest absolute Gasteiger partial charge is 0.357 e. The van der Waals surface area contributed by atoms with E-state index in [1.54, 1.807) is 12.5 Å². The zero-order valence-electron chi connectivity index (χ0n) is 15.9. The lowest BCUT2D eigenvalue weighted by Gasteiger charge is -2.49. The number of hydrogen-bond acceptors (Lipinski definition) is 3. The van der Waals surface area contributed by atoms with Crippen molar-refractivity contribution in [3.05, 3.63) is 18.7 Å². The Kier molecular flexibility index (Phi) is 8.17. The molecule has 1 fully saturated rings. The van der Waals surface area contributed by atoms with Crippen LogP contribution in [0.2, 0.25) is 0 Å². The summed E-state index contributed by atoms with van der Waals surface area (Å²) in [5, 5.41) is 3.32. The molecule has 0 spiro atoms. The maximum atomic E-state index is 12.6. The summed E-state index contributed by atoms with van der Waals surface area (Å²) in [4.78, 5) is 25.4. The van der Waals surface area contributed by atoms with Crippen molar-refractivity contribution >= 4 is 35.8 Å². The van der Waals surface area contributed by atoms with Gasteiger partial charge in [-0.05, 0) is 34.6 Å². The fourth-order valence-electron chi connectivity index (χ4n) is 3.43. The molecule has 2 rings (SSSR count). The van der Waals surface area contributed by atoms with Gasteiger partial charge in [0.2, 0.25) is 5.91 Å². The summed E-state index contributed by atoms with van der Waals surface area (Å²) < 4.78 is 2.00. The number of amides is 1. The molecule has 142 valence electrons. The molecular weight excluding hydrogens is 431 g/mol. The van der Waals surface area contributed by atoms with Gasteiger partial charge in [-0.1, -0.05) is 0 Å². The molecule has 2 heterocycles. The van der Waals surface area contributed by atoms with Crippen molar-refractivity contribution in [2.24, 2.45) is 4.99 Å². The van der Waals surface area contributed by atoms with Crippen molar-refractivity contribution in [1.29, 1.82) is 0 Å². The van der Waals surface area contributed by atoms with E-state index >= 15 is 0 Å². The van der Waals surface area contributed by atoms with E-state index in [2.05, 4.69) is 42.9 Å². The van der Waals surface area contributed by atoms with Crippen LogP contribution in [0.4, 0.5) is 0 Å². The third-order valence-corrected chi connectivity index (χ3v) is 4.15. The van der Waals surface area contributed by atoms with E-state index in [1.165, 1.54) is 0 Å². The molecule has 1 aromatic rings. The smallest absolute Gasteiger partial charge is 0.242 e. The fraction of sp³-hybridized carbons (Fsp3) is 0.706. The SMILES string of the molecule is CCNC(=NCCn1ccnc1)N1CC(=O)N(C(C)C)C(C)(C)C1.I. The summed E-state index contributed by atoms with van der Waals surface area (Å²) in [6, 6.07) is 0.204. The first-order valence-electron chi connectivity index (χ1n) is 8.66. The van der Waals surface area contributed by atoms with Crippen molar-refractivity contribution in [3.8, 4) is 0 Å². The van der Waals surface area contributed by atoms with Gasteiger partial charge in [0.05, 0.1) is 25.0 Å². The van der Waals surface area contributed by atoms with Crippen molar-refractivity contribution in [2.45, 2.75) is 52.7 Å². The summed E-state index contributed by atoms with van der Waals surface area (Å²) in [6.07, 6.45) is 5.48. The van der Waals surface area contributed by atoms with Gasteiger partial charge >= 0.3 is 0 Å². The topological polar surface area (TPSA) is 65.8 Å². The zero-order chi connectivity index (χ0) is 17.7. The van der Waals surface area contributed by atoms with E-state index in [9.17, 15) is 4.79 Å². The van der Waals surface area contributed by atoms with Crippen LogP contribution in [-0.4, -0.2) is 69.0 Å². The quantitative estimate of drug-likeness (QED) is 0.412. The molecule has 0 radical (unpaired) electrons. The number of aliphatic imine (C=N–C) groups is 1. The highest BCUT2D eigenvalue weighted by Crippen LogP contribution is 2.24. The number of halogens is 1. The zero-order valence-corrected chi connectivity index (χ0v) is 18.2. The van der Waals surface area contributed by atoms with Crippen LogP contribution < -0.4 is 5.32 Å². The lowest BCUT2D eigenvalue weighted by atomic mass is 9.96. The Morgan fingerprint density at radius 2 is 2.16 bits per heavy atom. The molecule has 1 aliphatic heterocycles. The summed E-state index contributed by atoms with van der Waals surface area (Å²) >= 11 is 0.